The Morgan fingerprint density at radius 3 is 2.90 bits per heavy atom. The average molecular weight is 362 g/mol. The van der Waals surface area contributed by atoms with Gasteiger partial charge in [-0.2, -0.15) is 5.26 Å². The lowest BCUT2D eigenvalue weighted by Gasteiger charge is -2.06. The molecule has 0 aliphatic heterocycles. The maximum Gasteiger partial charge on any atom is 0.256 e. The standard InChI is InChI=1S/C15H12BrN3OS/c16-9-4-8(5-10(18)6-9)14(20)19-15-12(7-17)11-2-1-3-13(11)21-15/h4-6H,1-3,18H2,(H,19,20). The number of nitrogen functional groups attached to an aromatic ring is 1. The van der Waals surface area contributed by atoms with Crippen LogP contribution in [0.2, 0.25) is 0 Å². The molecule has 106 valence electrons. The molecule has 1 aromatic heterocycles. The van der Waals surface area contributed by atoms with E-state index in [0.29, 0.717) is 21.8 Å². The summed E-state index contributed by atoms with van der Waals surface area (Å²) in [6.07, 6.45) is 3.01. The molecule has 0 bridgehead atoms. The molecule has 0 atom stereocenters. The van der Waals surface area contributed by atoms with Crippen molar-refractivity contribution in [3.63, 3.8) is 0 Å². The summed E-state index contributed by atoms with van der Waals surface area (Å²) in [6.45, 7) is 0. The largest absolute Gasteiger partial charge is 0.399 e. The number of hydrogen-bond acceptors (Lipinski definition) is 4. The molecule has 0 spiro atoms. The van der Waals surface area contributed by atoms with Crippen LogP contribution >= 0.6 is 27.3 Å². The molecular weight excluding hydrogens is 350 g/mol. The van der Waals surface area contributed by atoms with Gasteiger partial charge in [-0.25, -0.2) is 0 Å². The van der Waals surface area contributed by atoms with Crippen molar-refractivity contribution in [1.82, 2.24) is 0 Å². The van der Waals surface area contributed by atoms with E-state index >= 15 is 0 Å². The molecule has 0 fully saturated rings. The number of rotatable bonds is 2. The van der Waals surface area contributed by atoms with Crippen molar-refractivity contribution in [2.24, 2.45) is 0 Å². The van der Waals surface area contributed by atoms with Gasteiger partial charge in [0.05, 0.1) is 5.56 Å². The normalized spacial score (nSPS) is 12.8. The first kappa shape index (κ1) is 14.1. The highest BCUT2D eigenvalue weighted by Crippen LogP contribution is 2.38. The fraction of sp³-hybridized carbons (Fsp3) is 0.200. The lowest BCUT2D eigenvalue weighted by Crippen LogP contribution is -2.12. The van der Waals surface area contributed by atoms with E-state index in [4.69, 9.17) is 5.73 Å². The first-order valence-electron chi connectivity index (χ1n) is 6.50. The molecule has 0 unspecified atom stereocenters. The van der Waals surface area contributed by atoms with Gasteiger partial charge in [-0.15, -0.1) is 11.3 Å². The molecule has 1 aliphatic carbocycles. The van der Waals surface area contributed by atoms with Crippen molar-refractivity contribution in [3.05, 3.63) is 44.2 Å². The highest BCUT2D eigenvalue weighted by atomic mass is 79.9. The molecule has 1 amide bonds. The number of amides is 1. The molecule has 4 nitrogen and oxygen atoms in total. The number of aryl methyl sites for hydroxylation is 1. The summed E-state index contributed by atoms with van der Waals surface area (Å²) in [5, 5.41) is 12.8. The minimum Gasteiger partial charge on any atom is -0.399 e. The number of anilines is 2. The number of nitriles is 1. The Labute approximate surface area is 134 Å². The highest BCUT2D eigenvalue weighted by molar-refractivity contribution is 9.10. The van der Waals surface area contributed by atoms with Crippen LogP contribution in [0.3, 0.4) is 0 Å². The van der Waals surface area contributed by atoms with Gasteiger partial charge < -0.3 is 11.1 Å². The summed E-state index contributed by atoms with van der Waals surface area (Å²) in [6, 6.07) is 7.28. The number of hydrogen-bond donors (Lipinski definition) is 2. The maximum absolute atomic E-state index is 12.3. The van der Waals surface area contributed by atoms with Crippen LogP contribution in [-0.4, -0.2) is 5.91 Å². The Morgan fingerprint density at radius 1 is 1.38 bits per heavy atom. The van der Waals surface area contributed by atoms with E-state index < -0.39 is 0 Å². The van der Waals surface area contributed by atoms with Gasteiger partial charge in [0.2, 0.25) is 0 Å². The van der Waals surface area contributed by atoms with Gasteiger partial charge in [0.15, 0.2) is 0 Å². The Balaban J connectivity index is 1.90. The van der Waals surface area contributed by atoms with Crippen LogP contribution in [0.5, 0.6) is 0 Å². The number of fused-ring (bicyclic) bond motifs is 1. The van der Waals surface area contributed by atoms with Gasteiger partial charge in [0.25, 0.3) is 5.91 Å². The number of carbonyl (C=O) groups is 1. The lowest BCUT2D eigenvalue weighted by atomic mass is 10.1. The molecule has 0 saturated carbocycles. The van der Waals surface area contributed by atoms with E-state index in [1.807, 2.05) is 0 Å². The number of nitrogens with one attached hydrogen (secondary N) is 1. The number of halogens is 1. The number of thiophene rings is 1. The van der Waals surface area contributed by atoms with Crippen molar-refractivity contribution in [1.29, 1.82) is 5.26 Å². The Hall–Kier alpha value is -1.84. The number of nitrogens with two attached hydrogens (primary N) is 1. The SMILES string of the molecule is N#Cc1c(NC(=O)c2cc(N)cc(Br)c2)sc2c1CCC2. The van der Waals surface area contributed by atoms with Gasteiger partial charge in [-0.3, -0.25) is 4.79 Å². The molecule has 3 rings (SSSR count). The minimum absolute atomic E-state index is 0.251. The highest BCUT2D eigenvalue weighted by Gasteiger charge is 2.23. The quantitative estimate of drug-likeness (QED) is 0.800. The first-order valence-corrected chi connectivity index (χ1v) is 8.11. The zero-order chi connectivity index (χ0) is 15.0. The molecule has 0 radical (unpaired) electrons. The van der Waals surface area contributed by atoms with Crippen molar-refractivity contribution in [2.45, 2.75) is 19.3 Å². The molecule has 0 saturated heterocycles. The number of carbonyl (C=O) groups excluding carboxylic acids is 1. The van der Waals surface area contributed by atoms with Gasteiger partial charge in [-0.1, -0.05) is 15.9 Å². The maximum atomic E-state index is 12.3. The smallest absolute Gasteiger partial charge is 0.256 e. The second-order valence-electron chi connectivity index (χ2n) is 4.90. The van der Waals surface area contributed by atoms with Crippen molar-refractivity contribution in [2.75, 3.05) is 11.1 Å². The lowest BCUT2D eigenvalue weighted by molar-refractivity contribution is 0.102. The van der Waals surface area contributed by atoms with Crippen LogP contribution in [0.15, 0.2) is 22.7 Å². The Bertz CT molecular complexity index is 756. The van der Waals surface area contributed by atoms with Crippen LogP contribution in [0.4, 0.5) is 10.7 Å². The van der Waals surface area contributed by atoms with Crippen LogP contribution in [-0.2, 0) is 12.8 Å². The van der Waals surface area contributed by atoms with Gasteiger partial charge in [-0.05, 0) is 43.0 Å². The average Bonchev–Trinajstić information content (AvgIpc) is 2.97. The second-order valence-corrected chi connectivity index (χ2v) is 6.92. The predicted octanol–water partition coefficient (Wildman–Crippen LogP) is 3.71. The zero-order valence-corrected chi connectivity index (χ0v) is 13.5. The summed E-state index contributed by atoms with van der Waals surface area (Å²) in [5.41, 5.74) is 8.45. The summed E-state index contributed by atoms with van der Waals surface area (Å²) in [7, 11) is 0. The minimum atomic E-state index is -0.251. The third-order valence-electron chi connectivity index (χ3n) is 3.44. The van der Waals surface area contributed by atoms with Crippen molar-refractivity contribution in [3.8, 4) is 6.07 Å². The van der Waals surface area contributed by atoms with E-state index in [0.717, 1.165) is 29.3 Å². The fourth-order valence-electron chi connectivity index (χ4n) is 2.53. The first-order chi connectivity index (χ1) is 10.1. The van der Waals surface area contributed by atoms with Crippen LogP contribution in [0, 0.1) is 11.3 Å². The summed E-state index contributed by atoms with van der Waals surface area (Å²) >= 11 is 4.83. The van der Waals surface area contributed by atoms with Gasteiger partial charge >= 0.3 is 0 Å². The molecule has 21 heavy (non-hydrogen) atoms. The van der Waals surface area contributed by atoms with Gasteiger partial charge in [0.1, 0.15) is 11.1 Å². The van der Waals surface area contributed by atoms with E-state index in [-0.39, 0.29) is 5.91 Å². The van der Waals surface area contributed by atoms with Crippen LogP contribution in [0.25, 0.3) is 0 Å². The molecule has 3 N–H and O–H groups in total. The molecular formula is C15H12BrN3OS. The van der Waals surface area contributed by atoms with Crippen molar-refractivity contribution < 1.29 is 4.79 Å². The van der Waals surface area contributed by atoms with Crippen LogP contribution in [0.1, 0.15) is 32.8 Å². The van der Waals surface area contributed by atoms with E-state index in [2.05, 4.69) is 27.3 Å². The monoisotopic (exact) mass is 361 g/mol. The summed E-state index contributed by atoms with van der Waals surface area (Å²) in [4.78, 5) is 13.5. The second kappa shape index (κ2) is 5.51. The van der Waals surface area contributed by atoms with Gasteiger partial charge in [0, 0.05) is 20.6 Å². The summed E-state index contributed by atoms with van der Waals surface area (Å²) < 4.78 is 0.752. The Morgan fingerprint density at radius 2 is 2.19 bits per heavy atom. The third-order valence-corrected chi connectivity index (χ3v) is 5.11. The number of nitrogens with zero attached hydrogens (tertiary/aromatic N) is 1. The van der Waals surface area contributed by atoms with E-state index in [1.54, 1.807) is 18.2 Å². The fourth-order valence-corrected chi connectivity index (χ4v) is 4.28. The topological polar surface area (TPSA) is 78.9 Å². The number of benzene rings is 1. The predicted molar refractivity (Wildman–Crippen MR) is 87.6 cm³/mol. The molecule has 1 aliphatic rings. The van der Waals surface area contributed by atoms with Crippen molar-refractivity contribution >= 4 is 43.9 Å². The Kier molecular flexibility index (Phi) is 3.70. The summed E-state index contributed by atoms with van der Waals surface area (Å²) in [5.74, 6) is -0.251. The molecule has 1 heterocycles. The molecule has 1 aromatic carbocycles. The zero-order valence-electron chi connectivity index (χ0n) is 11.1. The van der Waals surface area contributed by atoms with E-state index in [1.165, 1.54) is 16.2 Å². The third kappa shape index (κ3) is 2.67. The molecule has 6 heteroatoms. The molecule has 2 aromatic rings. The van der Waals surface area contributed by atoms with Crippen LogP contribution < -0.4 is 11.1 Å². The van der Waals surface area contributed by atoms with E-state index in [9.17, 15) is 10.1 Å².